The summed E-state index contributed by atoms with van der Waals surface area (Å²) < 4.78 is 2.80. The third-order valence-electron chi connectivity index (χ3n) is 5.74. The summed E-state index contributed by atoms with van der Waals surface area (Å²) in [5.41, 5.74) is 4.93. The van der Waals surface area contributed by atoms with Crippen molar-refractivity contribution in [3.8, 4) is 0 Å². The minimum Gasteiger partial charge on any atom is -0.387 e. The molecule has 1 unspecified atom stereocenters. The third-order valence-corrected chi connectivity index (χ3v) is 7.06. The molecule has 5 nitrogen and oxygen atoms in total. The molecule has 3 N–H and O–H groups in total. The van der Waals surface area contributed by atoms with Gasteiger partial charge in [-0.2, -0.15) is 0 Å². The summed E-state index contributed by atoms with van der Waals surface area (Å²) in [7, 11) is 0. The normalized spacial score (nSPS) is 11.5. The van der Waals surface area contributed by atoms with Crippen molar-refractivity contribution >= 4 is 47.6 Å². The summed E-state index contributed by atoms with van der Waals surface area (Å²) in [6.07, 6.45) is 0.598. The van der Waals surface area contributed by atoms with Crippen molar-refractivity contribution < 1.29 is 9.90 Å². The van der Waals surface area contributed by atoms with Crippen LogP contribution in [0.1, 0.15) is 28.5 Å². The molecule has 3 aromatic carbocycles. The molecule has 0 bridgehead atoms. The topological polar surface area (TPSA) is 66.3 Å². The van der Waals surface area contributed by atoms with Gasteiger partial charge in [-0.1, -0.05) is 72.8 Å². The van der Waals surface area contributed by atoms with Gasteiger partial charge < -0.3 is 20.3 Å². The first kappa shape index (κ1) is 27.8. The smallest absolute Gasteiger partial charge is 0.230 e. The number of amides is 1. The van der Waals surface area contributed by atoms with E-state index in [1.807, 2.05) is 82.7 Å². The van der Waals surface area contributed by atoms with Crippen LogP contribution in [0.2, 0.25) is 0 Å². The number of halogens is 1. The van der Waals surface area contributed by atoms with Crippen LogP contribution >= 0.6 is 36.0 Å². The molecule has 0 aliphatic rings. The minimum absolute atomic E-state index is 0. The van der Waals surface area contributed by atoms with Crippen LogP contribution in [-0.4, -0.2) is 28.7 Å². The lowest BCUT2D eigenvalue weighted by Gasteiger charge is -2.12. The van der Waals surface area contributed by atoms with Crippen molar-refractivity contribution in [2.24, 2.45) is 0 Å². The molecular formula is C28H30ClN3O2S2. The highest BCUT2D eigenvalue weighted by Gasteiger charge is 2.11. The predicted octanol–water partition coefficient (Wildman–Crippen LogP) is 5.80. The fourth-order valence-electron chi connectivity index (χ4n) is 3.82. The lowest BCUT2D eigenvalue weighted by Crippen LogP contribution is -2.23. The van der Waals surface area contributed by atoms with Gasteiger partial charge in [0.1, 0.15) is 0 Å². The highest BCUT2D eigenvalue weighted by molar-refractivity contribution is 7.73. The van der Waals surface area contributed by atoms with E-state index < -0.39 is 6.10 Å². The van der Waals surface area contributed by atoms with E-state index in [0.717, 1.165) is 39.4 Å². The number of hydrogen-bond acceptors (Lipinski definition) is 5. The number of hydrogen-bond donors (Lipinski definition) is 3. The molecule has 36 heavy (non-hydrogen) atoms. The first-order valence-corrected chi connectivity index (χ1v) is 12.9. The molecular weight excluding hydrogens is 510 g/mol. The maximum absolute atomic E-state index is 12.7. The molecule has 0 saturated carbocycles. The standard InChI is InChI=1S/C28H29N3O2S2.ClH/c32-26(23-9-5-2-6-10-23)18-29-16-15-21-11-13-24(14-12-21)30-27(33)17-25-20-35-28(34)31(25)19-22-7-3-1-4-8-22;/h1-14,20,26,29,32H,15-19H2,(H,30,33);1H. The number of nitrogens with one attached hydrogen (secondary N) is 2. The van der Waals surface area contributed by atoms with E-state index in [-0.39, 0.29) is 24.7 Å². The van der Waals surface area contributed by atoms with E-state index in [1.54, 1.807) is 0 Å². The van der Waals surface area contributed by atoms with Crippen molar-refractivity contribution in [1.29, 1.82) is 0 Å². The maximum Gasteiger partial charge on any atom is 0.230 e. The van der Waals surface area contributed by atoms with Gasteiger partial charge >= 0.3 is 0 Å². The van der Waals surface area contributed by atoms with Crippen LogP contribution in [0.15, 0.2) is 90.3 Å². The van der Waals surface area contributed by atoms with Crippen LogP contribution in [0.3, 0.4) is 0 Å². The summed E-state index contributed by atoms with van der Waals surface area (Å²) in [4.78, 5) is 12.7. The van der Waals surface area contributed by atoms with E-state index in [2.05, 4.69) is 22.8 Å². The molecule has 1 amide bonds. The molecule has 4 aromatic rings. The van der Waals surface area contributed by atoms with Crippen molar-refractivity contribution in [2.75, 3.05) is 18.4 Å². The Balaban J connectivity index is 0.00000361. The highest BCUT2D eigenvalue weighted by Crippen LogP contribution is 2.17. The number of anilines is 1. The van der Waals surface area contributed by atoms with E-state index in [0.29, 0.717) is 13.1 Å². The second-order valence-corrected chi connectivity index (χ2v) is 9.87. The molecule has 0 radical (unpaired) electrons. The van der Waals surface area contributed by atoms with Gasteiger partial charge in [-0.25, -0.2) is 0 Å². The zero-order valence-electron chi connectivity index (χ0n) is 19.8. The average molecular weight is 540 g/mol. The third kappa shape index (κ3) is 8.11. The first-order chi connectivity index (χ1) is 17.1. The molecule has 1 heterocycles. The van der Waals surface area contributed by atoms with E-state index in [1.165, 1.54) is 16.9 Å². The van der Waals surface area contributed by atoms with Gasteiger partial charge in [-0.3, -0.25) is 4.79 Å². The van der Waals surface area contributed by atoms with Crippen molar-refractivity contribution in [2.45, 2.75) is 25.5 Å². The van der Waals surface area contributed by atoms with Crippen LogP contribution in [0, 0.1) is 3.95 Å². The maximum atomic E-state index is 12.7. The second kappa shape index (κ2) is 14.1. The Morgan fingerprint density at radius 2 is 1.61 bits per heavy atom. The van der Waals surface area contributed by atoms with E-state index in [9.17, 15) is 9.90 Å². The lowest BCUT2D eigenvalue weighted by molar-refractivity contribution is -0.115. The molecule has 8 heteroatoms. The summed E-state index contributed by atoms with van der Waals surface area (Å²) in [5.74, 6) is -0.0658. The summed E-state index contributed by atoms with van der Waals surface area (Å²) >= 11 is 6.97. The van der Waals surface area contributed by atoms with E-state index in [4.69, 9.17) is 12.2 Å². The molecule has 4 rings (SSSR count). The Morgan fingerprint density at radius 1 is 0.944 bits per heavy atom. The van der Waals surface area contributed by atoms with Crippen LogP contribution in [0.5, 0.6) is 0 Å². The largest absolute Gasteiger partial charge is 0.387 e. The molecule has 1 atom stereocenters. The number of nitrogens with zero attached hydrogens (tertiary/aromatic N) is 1. The SMILES string of the molecule is Cl.O=C(Cc1csc(=S)n1Cc1ccccc1)Nc1ccc(CCNCC(O)c2ccccc2)cc1. The monoisotopic (exact) mass is 539 g/mol. The fourth-order valence-corrected chi connectivity index (χ4v) is 4.90. The quantitative estimate of drug-likeness (QED) is 0.166. The number of aliphatic hydroxyl groups is 1. The molecule has 0 fully saturated rings. The molecule has 0 aliphatic carbocycles. The fraction of sp³-hybridized carbons (Fsp3) is 0.214. The summed E-state index contributed by atoms with van der Waals surface area (Å²) in [6.45, 7) is 1.94. The van der Waals surface area contributed by atoms with Crippen LogP contribution in [0.25, 0.3) is 0 Å². The summed E-state index contributed by atoms with van der Waals surface area (Å²) in [5, 5.41) is 18.5. The lowest BCUT2D eigenvalue weighted by atomic mass is 10.1. The Labute approximate surface area is 227 Å². The first-order valence-electron chi connectivity index (χ1n) is 11.6. The zero-order valence-corrected chi connectivity index (χ0v) is 22.3. The van der Waals surface area contributed by atoms with Gasteiger partial charge in [0.25, 0.3) is 0 Å². The number of benzene rings is 3. The number of carbonyl (C=O) groups is 1. The Morgan fingerprint density at radius 3 is 2.31 bits per heavy atom. The zero-order chi connectivity index (χ0) is 24.5. The Kier molecular flexibility index (Phi) is 10.8. The van der Waals surface area contributed by atoms with Crippen molar-refractivity contribution in [3.05, 3.63) is 117 Å². The van der Waals surface area contributed by atoms with Gasteiger partial charge in [-0.15, -0.1) is 23.7 Å². The van der Waals surface area contributed by atoms with E-state index >= 15 is 0 Å². The summed E-state index contributed by atoms with van der Waals surface area (Å²) in [6, 6.07) is 27.7. The van der Waals surface area contributed by atoms with Gasteiger partial charge in [-0.05, 0) is 54.0 Å². The second-order valence-electron chi connectivity index (χ2n) is 8.37. The van der Waals surface area contributed by atoms with Gasteiger partial charge in [0.15, 0.2) is 3.95 Å². The Hall–Kier alpha value is -2.81. The van der Waals surface area contributed by atoms with Crippen LogP contribution in [0.4, 0.5) is 5.69 Å². The van der Waals surface area contributed by atoms with Crippen molar-refractivity contribution in [3.63, 3.8) is 0 Å². The molecule has 188 valence electrons. The average Bonchev–Trinajstić information content (AvgIpc) is 3.22. The number of aliphatic hydroxyl groups excluding tert-OH is 1. The minimum atomic E-state index is -0.514. The van der Waals surface area contributed by atoms with Gasteiger partial charge in [0.05, 0.1) is 12.5 Å². The molecule has 0 saturated heterocycles. The Bertz CT molecular complexity index is 1280. The van der Waals surface area contributed by atoms with Crippen LogP contribution < -0.4 is 10.6 Å². The molecule has 1 aromatic heterocycles. The van der Waals surface area contributed by atoms with Crippen LogP contribution in [-0.2, 0) is 24.2 Å². The number of aromatic nitrogens is 1. The highest BCUT2D eigenvalue weighted by atomic mass is 35.5. The molecule has 0 aliphatic heterocycles. The van der Waals surface area contributed by atoms with Crippen molar-refractivity contribution in [1.82, 2.24) is 9.88 Å². The molecule has 0 spiro atoms. The van der Waals surface area contributed by atoms with Gasteiger partial charge in [0, 0.05) is 29.9 Å². The number of thiazole rings is 1. The number of rotatable bonds is 11. The number of carbonyl (C=O) groups excluding carboxylic acids is 1. The van der Waals surface area contributed by atoms with Gasteiger partial charge in [0.2, 0.25) is 5.91 Å². The predicted molar refractivity (Wildman–Crippen MR) is 153 cm³/mol.